The van der Waals surface area contributed by atoms with Gasteiger partial charge in [-0.3, -0.25) is 19.2 Å². The molecule has 0 bridgehead atoms. The number of carbonyl (C=O) groups is 4. The quantitative estimate of drug-likeness (QED) is 0.603. The molecule has 0 aliphatic carbocycles. The minimum Gasteiger partial charge on any atom is -0.353 e. The van der Waals surface area contributed by atoms with Crippen LogP contribution in [0.2, 0.25) is 0 Å². The van der Waals surface area contributed by atoms with E-state index in [-0.39, 0.29) is 39.6 Å². The zero-order chi connectivity index (χ0) is 18.0. The second-order valence-electron chi connectivity index (χ2n) is 5.63. The second kappa shape index (κ2) is 11.5. The van der Waals surface area contributed by atoms with Crippen LogP contribution in [0, 0.1) is 11.8 Å². The fourth-order valence-corrected chi connectivity index (χ4v) is 2.71. The number of hydrogen-bond acceptors (Lipinski definition) is 6. The molecule has 1 atom stereocenters. The fourth-order valence-electron chi connectivity index (χ4n) is 1.34. The van der Waals surface area contributed by atoms with Crippen molar-refractivity contribution < 1.29 is 19.2 Å². The summed E-state index contributed by atoms with van der Waals surface area (Å²) in [5.74, 6) is -0.192. The standard InChI is InChI=1S/C15H26N2O4S2/c1-9(2)13(19)17-12(8-23-11(5)18)14(20)16-6-7-22-15(21)10(3)4/h9-10,12H,6-8H2,1-5H3,(H,16,20)(H,17,19)/t12-/m0/s1. The molecule has 2 amide bonds. The van der Waals surface area contributed by atoms with Gasteiger partial charge in [0.05, 0.1) is 0 Å². The van der Waals surface area contributed by atoms with Gasteiger partial charge in [-0.05, 0) is 0 Å². The Kier molecular flexibility index (Phi) is 11.0. The molecule has 0 heterocycles. The van der Waals surface area contributed by atoms with E-state index in [4.69, 9.17) is 0 Å². The van der Waals surface area contributed by atoms with E-state index in [9.17, 15) is 19.2 Å². The van der Waals surface area contributed by atoms with Crippen molar-refractivity contribution in [1.29, 1.82) is 0 Å². The Hall–Kier alpha value is -1.02. The van der Waals surface area contributed by atoms with Crippen LogP contribution >= 0.6 is 23.5 Å². The van der Waals surface area contributed by atoms with E-state index in [1.54, 1.807) is 13.8 Å². The highest BCUT2D eigenvalue weighted by Crippen LogP contribution is 2.09. The lowest BCUT2D eigenvalue weighted by molar-refractivity contribution is -0.130. The van der Waals surface area contributed by atoms with Crippen molar-refractivity contribution >= 4 is 45.6 Å². The normalized spacial score (nSPS) is 12.1. The Balaban J connectivity index is 4.40. The molecule has 2 N–H and O–H groups in total. The Morgan fingerprint density at radius 1 is 0.913 bits per heavy atom. The van der Waals surface area contributed by atoms with Crippen LogP contribution < -0.4 is 10.6 Å². The molecule has 0 aliphatic rings. The monoisotopic (exact) mass is 362 g/mol. The van der Waals surface area contributed by atoms with Crippen molar-refractivity contribution in [3.8, 4) is 0 Å². The third kappa shape index (κ3) is 10.4. The molecule has 0 aliphatic heterocycles. The molecule has 0 rings (SSSR count). The summed E-state index contributed by atoms with van der Waals surface area (Å²) in [6, 6.07) is -0.760. The van der Waals surface area contributed by atoms with E-state index in [1.165, 1.54) is 18.7 Å². The highest BCUT2D eigenvalue weighted by Gasteiger charge is 2.22. The molecule has 0 unspecified atom stereocenters. The summed E-state index contributed by atoms with van der Waals surface area (Å²) in [5.41, 5.74) is 0. The van der Waals surface area contributed by atoms with Crippen molar-refractivity contribution in [3.63, 3.8) is 0 Å². The van der Waals surface area contributed by atoms with Gasteiger partial charge < -0.3 is 10.6 Å². The topological polar surface area (TPSA) is 92.3 Å². The van der Waals surface area contributed by atoms with Crippen molar-refractivity contribution in [1.82, 2.24) is 10.6 Å². The first-order valence-corrected chi connectivity index (χ1v) is 9.50. The van der Waals surface area contributed by atoms with Gasteiger partial charge in [-0.2, -0.15) is 0 Å². The molecule has 0 fully saturated rings. The molecule has 0 saturated carbocycles. The molecule has 0 aromatic heterocycles. The predicted molar refractivity (Wildman–Crippen MR) is 95.2 cm³/mol. The van der Waals surface area contributed by atoms with Crippen LogP contribution in [0.3, 0.4) is 0 Å². The van der Waals surface area contributed by atoms with Crippen LogP contribution in [0.25, 0.3) is 0 Å². The highest BCUT2D eigenvalue weighted by atomic mass is 32.2. The first-order chi connectivity index (χ1) is 10.6. The maximum absolute atomic E-state index is 12.1. The molecule has 6 nitrogen and oxygen atoms in total. The molecule has 132 valence electrons. The van der Waals surface area contributed by atoms with Crippen molar-refractivity contribution in [2.45, 2.75) is 40.7 Å². The van der Waals surface area contributed by atoms with Gasteiger partial charge >= 0.3 is 0 Å². The average Bonchev–Trinajstić information content (AvgIpc) is 2.46. The number of amides is 2. The van der Waals surface area contributed by atoms with Gasteiger partial charge in [-0.25, -0.2) is 0 Å². The molecule has 8 heteroatoms. The van der Waals surface area contributed by atoms with Gasteiger partial charge in [0.15, 0.2) is 10.2 Å². The molecule has 0 aromatic rings. The summed E-state index contributed by atoms with van der Waals surface area (Å²) in [5, 5.41) is 5.30. The van der Waals surface area contributed by atoms with E-state index in [1.807, 2.05) is 13.8 Å². The van der Waals surface area contributed by atoms with Gasteiger partial charge in [0.1, 0.15) is 6.04 Å². The zero-order valence-corrected chi connectivity index (χ0v) is 15.9. The van der Waals surface area contributed by atoms with Crippen LogP contribution in [0.4, 0.5) is 0 Å². The average molecular weight is 363 g/mol. The highest BCUT2D eigenvalue weighted by molar-refractivity contribution is 8.13. The van der Waals surface area contributed by atoms with Gasteiger partial charge in [0.25, 0.3) is 0 Å². The minimum atomic E-state index is -0.760. The second-order valence-corrected chi connectivity index (χ2v) is 7.93. The molecule has 0 saturated heterocycles. The van der Waals surface area contributed by atoms with Crippen molar-refractivity contribution in [2.75, 3.05) is 18.1 Å². The van der Waals surface area contributed by atoms with E-state index in [2.05, 4.69) is 10.6 Å². The number of carbonyl (C=O) groups excluding carboxylic acids is 4. The molecule has 23 heavy (non-hydrogen) atoms. The first-order valence-electron chi connectivity index (χ1n) is 7.53. The van der Waals surface area contributed by atoms with Crippen LogP contribution in [0.5, 0.6) is 0 Å². The minimum absolute atomic E-state index is 0.0410. The Morgan fingerprint density at radius 2 is 1.52 bits per heavy atom. The molecule has 0 aromatic carbocycles. The lowest BCUT2D eigenvalue weighted by Crippen LogP contribution is -2.50. The maximum atomic E-state index is 12.1. The van der Waals surface area contributed by atoms with Crippen LogP contribution in [-0.4, -0.2) is 46.1 Å². The fraction of sp³-hybridized carbons (Fsp3) is 0.733. The smallest absolute Gasteiger partial charge is 0.243 e. The van der Waals surface area contributed by atoms with Gasteiger partial charge in [0.2, 0.25) is 11.8 Å². The maximum Gasteiger partial charge on any atom is 0.243 e. The number of rotatable bonds is 9. The molecular formula is C15H26N2O4S2. The summed E-state index contributed by atoms with van der Waals surface area (Å²) in [7, 11) is 0. The lowest BCUT2D eigenvalue weighted by Gasteiger charge is -2.19. The van der Waals surface area contributed by atoms with Gasteiger partial charge in [-0.1, -0.05) is 51.2 Å². The van der Waals surface area contributed by atoms with E-state index in [0.29, 0.717) is 12.3 Å². The lowest BCUT2D eigenvalue weighted by atomic mass is 10.2. The van der Waals surface area contributed by atoms with Crippen molar-refractivity contribution in [3.05, 3.63) is 0 Å². The van der Waals surface area contributed by atoms with Crippen LogP contribution in [0.1, 0.15) is 34.6 Å². The third-order valence-corrected chi connectivity index (χ3v) is 4.80. The summed E-state index contributed by atoms with van der Waals surface area (Å²) < 4.78 is 0. The largest absolute Gasteiger partial charge is 0.353 e. The number of nitrogens with one attached hydrogen (secondary N) is 2. The number of thioether (sulfide) groups is 2. The van der Waals surface area contributed by atoms with Gasteiger partial charge in [0, 0.05) is 36.8 Å². The third-order valence-electron chi connectivity index (χ3n) is 2.73. The molecule has 0 radical (unpaired) electrons. The summed E-state index contributed by atoms with van der Waals surface area (Å²) in [4.78, 5) is 46.4. The SMILES string of the molecule is CC(=O)SC[C@H](NC(=O)C(C)C)C(=O)NCCSC(=O)C(C)C. The Bertz CT molecular complexity index is 439. The number of hydrogen-bond donors (Lipinski definition) is 2. The Labute approximate surface area is 146 Å². The summed E-state index contributed by atoms with van der Waals surface area (Å²) >= 11 is 2.17. The van der Waals surface area contributed by atoms with Crippen LogP contribution in [0.15, 0.2) is 0 Å². The van der Waals surface area contributed by atoms with E-state index >= 15 is 0 Å². The first kappa shape index (κ1) is 22.0. The van der Waals surface area contributed by atoms with Crippen LogP contribution in [-0.2, 0) is 19.2 Å². The summed E-state index contributed by atoms with van der Waals surface area (Å²) in [6.45, 7) is 8.86. The molecule has 0 spiro atoms. The summed E-state index contributed by atoms with van der Waals surface area (Å²) in [6.07, 6.45) is 0. The van der Waals surface area contributed by atoms with E-state index in [0.717, 1.165) is 11.8 Å². The van der Waals surface area contributed by atoms with E-state index < -0.39 is 6.04 Å². The molecular weight excluding hydrogens is 336 g/mol. The Morgan fingerprint density at radius 3 is 2.00 bits per heavy atom. The zero-order valence-electron chi connectivity index (χ0n) is 14.3. The van der Waals surface area contributed by atoms with Gasteiger partial charge in [-0.15, -0.1) is 0 Å². The van der Waals surface area contributed by atoms with Crippen molar-refractivity contribution in [2.24, 2.45) is 11.8 Å². The predicted octanol–water partition coefficient (Wildman–Crippen LogP) is 1.44.